The molecule has 2 rings (SSSR count). The minimum absolute atomic E-state index is 0.0318. The van der Waals surface area contributed by atoms with Crippen molar-refractivity contribution in [1.29, 1.82) is 0 Å². The summed E-state index contributed by atoms with van der Waals surface area (Å²) in [6, 6.07) is 1.12. The van der Waals surface area contributed by atoms with Crippen molar-refractivity contribution >= 4 is 11.6 Å². The van der Waals surface area contributed by atoms with Crippen molar-refractivity contribution in [2.75, 3.05) is 0 Å². The molecule has 0 aliphatic heterocycles. The van der Waals surface area contributed by atoms with Gasteiger partial charge in [-0.25, -0.2) is 8.78 Å². The van der Waals surface area contributed by atoms with Gasteiger partial charge in [0.15, 0.2) is 5.82 Å². The number of hydrogen-bond donors (Lipinski definition) is 1. The Kier molecular flexibility index (Phi) is 3.53. The lowest BCUT2D eigenvalue weighted by molar-refractivity contribution is 0.556. The van der Waals surface area contributed by atoms with E-state index in [4.69, 9.17) is 17.3 Å². The van der Waals surface area contributed by atoms with Gasteiger partial charge in [0.2, 0.25) is 0 Å². The van der Waals surface area contributed by atoms with Crippen LogP contribution in [0.5, 0.6) is 0 Å². The van der Waals surface area contributed by atoms with Gasteiger partial charge in [-0.05, 0) is 17.3 Å². The molecule has 1 atom stereocenters. The molecular weight excluding hydrogens is 264 g/mol. The molecule has 2 aromatic rings. The number of tetrazole rings is 1. The number of halogens is 3. The maximum atomic E-state index is 13.6. The van der Waals surface area contributed by atoms with Crippen molar-refractivity contribution in [3.63, 3.8) is 0 Å². The fourth-order valence-electron chi connectivity index (χ4n) is 1.53. The summed E-state index contributed by atoms with van der Waals surface area (Å²) in [5, 5.41) is 11.0. The van der Waals surface area contributed by atoms with E-state index in [9.17, 15) is 8.78 Å². The summed E-state index contributed by atoms with van der Waals surface area (Å²) < 4.78 is 26.9. The summed E-state index contributed by atoms with van der Waals surface area (Å²) in [7, 11) is 1.60. The SMILES string of the molecule is Cn1nnc(CC(N)c2cc(F)c(Cl)cc2F)n1. The summed E-state index contributed by atoms with van der Waals surface area (Å²) in [5.74, 6) is -1.01. The largest absolute Gasteiger partial charge is 0.323 e. The van der Waals surface area contributed by atoms with Crippen molar-refractivity contribution in [2.45, 2.75) is 12.5 Å². The second kappa shape index (κ2) is 4.95. The number of aromatic nitrogens is 4. The quantitative estimate of drug-likeness (QED) is 0.858. The lowest BCUT2D eigenvalue weighted by Gasteiger charge is -2.11. The lowest BCUT2D eigenvalue weighted by Crippen LogP contribution is -2.16. The Morgan fingerprint density at radius 1 is 1.39 bits per heavy atom. The average molecular weight is 274 g/mol. The van der Waals surface area contributed by atoms with E-state index in [0.29, 0.717) is 5.82 Å². The Morgan fingerprint density at radius 3 is 2.72 bits per heavy atom. The fraction of sp³-hybridized carbons (Fsp3) is 0.300. The second-order valence-corrected chi connectivity index (χ2v) is 4.20. The highest BCUT2D eigenvalue weighted by molar-refractivity contribution is 6.30. The van der Waals surface area contributed by atoms with Crippen LogP contribution in [-0.4, -0.2) is 20.2 Å². The van der Waals surface area contributed by atoms with Gasteiger partial charge in [0, 0.05) is 18.0 Å². The first kappa shape index (κ1) is 12.8. The van der Waals surface area contributed by atoms with Gasteiger partial charge in [-0.1, -0.05) is 11.6 Å². The maximum absolute atomic E-state index is 13.6. The predicted molar refractivity (Wildman–Crippen MR) is 60.8 cm³/mol. The van der Waals surface area contributed by atoms with Crippen LogP contribution >= 0.6 is 11.6 Å². The van der Waals surface area contributed by atoms with E-state index in [1.54, 1.807) is 7.05 Å². The third-order valence-electron chi connectivity index (χ3n) is 2.39. The normalized spacial score (nSPS) is 12.7. The highest BCUT2D eigenvalue weighted by atomic mass is 35.5. The molecule has 0 radical (unpaired) electrons. The third-order valence-corrected chi connectivity index (χ3v) is 2.68. The molecule has 0 bridgehead atoms. The fourth-order valence-corrected chi connectivity index (χ4v) is 1.68. The van der Waals surface area contributed by atoms with Crippen LogP contribution in [0.4, 0.5) is 8.78 Å². The molecule has 1 unspecified atom stereocenters. The molecular formula is C10H10ClF2N5. The average Bonchev–Trinajstić information content (AvgIpc) is 2.69. The zero-order valence-corrected chi connectivity index (χ0v) is 10.2. The smallest absolute Gasteiger partial charge is 0.176 e. The predicted octanol–water partition coefficient (Wildman–Crippen LogP) is 1.38. The Morgan fingerprint density at radius 2 is 2.11 bits per heavy atom. The topological polar surface area (TPSA) is 69.6 Å². The number of nitrogens with two attached hydrogens (primary N) is 1. The zero-order chi connectivity index (χ0) is 13.3. The molecule has 96 valence electrons. The van der Waals surface area contributed by atoms with Gasteiger partial charge < -0.3 is 5.73 Å². The second-order valence-electron chi connectivity index (χ2n) is 3.79. The first-order chi connectivity index (χ1) is 8.47. The maximum Gasteiger partial charge on any atom is 0.176 e. The summed E-state index contributed by atoms with van der Waals surface area (Å²) in [6.07, 6.45) is 0.159. The van der Waals surface area contributed by atoms with E-state index in [0.717, 1.165) is 12.1 Å². The van der Waals surface area contributed by atoms with E-state index in [-0.39, 0.29) is 17.0 Å². The van der Waals surface area contributed by atoms with Crippen molar-refractivity contribution in [1.82, 2.24) is 20.2 Å². The molecule has 8 heteroatoms. The summed E-state index contributed by atoms with van der Waals surface area (Å²) in [6.45, 7) is 0. The molecule has 0 aliphatic rings. The van der Waals surface area contributed by atoms with Crippen LogP contribution in [0, 0.1) is 11.6 Å². The van der Waals surface area contributed by atoms with Crippen LogP contribution in [0.25, 0.3) is 0 Å². The number of rotatable bonds is 3. The van der Waals surface area contributed by atoms with Gasteiger partial charge in [-0.3, -0.25) is 0 Å². The lowest BCUT2D eigenvalue weighted by atomic mass is 10.0. The summed E-state index contributed by atoms with van der Waals surface area (Å²) in [5.41, 5.74) is 5.82. The van der Waals surface area contributed by atoms with Crippen LogP contribution in [0.2, 0.25) is 5.02 Å². The molecule has 0 amide bonds. The van der Waals surface area contributed by atoms with Gasteiger partial charge in [0.25, 0.3) is 0 Å². The molecule has 1 heterocycles. The van der Waals surface area contributed by atoms with E-state index >= 15 is 0 Å². The van der Waals surface area contributed by atoms with E-state index < -0.39 is 17.7 Å². The van der Waals surface area contributed by atoms with Crippen LogP contribution in [0.3, 0.4) is 0 Å². The number of benzene rings is 1. The van der Waals surface area contributed by atoms with E-state index in [2.05, 4.69) is 15.4 Å². The molecule has 0 spiro atoms. The minimum atomic E-state index is -0.763. The molecule has 0 saturated heterocycles. The van der Waals surface area contributed by atoms with Crippen LogP contribution < -0.4 is 5.73 Å². The molecule has 18 heavy (non-hydrogen) atoms. The zero-order valence-electron chi connectivity index (χ0n) is 9.44. The van der Waals surface area contributed by atoms with Gasteiger partial charge >= 0.3 is 0 Å². The standard InChI is InChI=1S/C10H10ClF2N5/c1-18-16-10(15-17-18)4-9(14)5-2-8(13)6(11)3-7(5)12/h2-3,9H,4,14H2,1H3. The number of nitrogens with zero attached hydrogens (tertiary/aromatic N) is 4. The van der Waals surface area contributed by atoms with Gasteiger partial charge in [0.05, 0.1) is 12.1 Å². The van der Waals surface area contributed by atoms with Gasteiger partial charge in [-0.15, -0.1) is 10.2 Å². The van der Waals surface area contributed by atoms with Crippen molar-refractivity contribution in [2.24, 2.45) is 12.8 Å². The Labute approximate surface area is 107 Å². The van der Waals surface area contributed by atoms with Crippen LogP contribution in [0.15, 0.2) is 12.1 Å². The molecule has 5 nitrogen and oxygen atoms in total. The Hall–Kier alpha value is -1.60. The van der Waals surface area contributed by atoms with Gasteiger partial charge in [-0.2, -0.15) is 4.80 Å². The molecule has 1 aromatic heterocycles. The Balaban J connectivity index is 2.23. The van der Waals surface area contributed by atoms with Gasteiger partial charge in [0.1, 0.15) is 11.6 Å². The van der Waals surface area contributed by atoms with Crippen LogP contribution in [0.1, 0.15) is 17.4 Å². The van der Waals surface area contributed by atoms with Crippen molar-refractivity contribution in [3.05, 3.63) is 40.2 Å². The molecule has 0 aliphatic carbocycles. The highest BCUT2D eigenvalue weighted by Crippen LogP contribution is 2.24. The molecule has 0 saturated carbocycles. The van der Waals surface area contributed by atoms with Crippen molar-refractivity contribution < 1.29 is 8.78 Å². The summed E-state index contributed by atoms with van der Waals surface area (Å²) in [4.78, 5) is 1.26. The Bertz CT molecular complexity index is 571. The molecule has 2 N–H and O–H groups in total. The highest BCUT2D eigenvalue weighted by Gasteiger charge is 2.17. The molecule has 1 aromatic carbocycles. The van der Waals surface area contributed by atoms with E-state index in [1.807, 2.05) is 0 Å². The number of aryl methyl sites for hydroxylation is 1. The third kappa shape index (κ3) is 2.62. The first-order valence-electron chi connectivity index (χ1n) is 5.10. The summed E-state index contributed by atoms with van der Waals surface area (Å²) >= 11 is 5.46. The van der Waals surface area contributed by atoms with Crippen molar-refractivity contribution in [3.8, 4) is 0 Å². The minimum Gasteiger partial charge on any atom is -0.323 e. The van der Waals surface area contributed by atoms with E-state index in [1.165, 1.54) is 4.80 Å². The molecule has 0 fully saturated rings. The van der Waals surface area contributed by atoms with Crippen LogP contribution in [-0.2, 0) is 13.5 Å². The monoisotopic (exact) mass is 273 g/mol. The first-order valence-corrected chi connectivity index (χ1v) is 5.48. The number of hydrogen-bond acceptors (Lipinski definition) is 4.